The minimum Gasteiger partial charge on any atom is -0.333 e. The Hall–Kier alpha value is -2.67. The highest BCUT2D eigenvalue weighted by atomic mass is 32.1. The van der Waals surface area contributed by atoms with Crippen LogP contribution in [0.1, 0.15) is 45.3 Å². The highest BCUT2D eigenvalue weighted by Crippen LogP contribution is 2.32. The van der Waals surface area contributed by atoms with Crippen molar-refractivity contribution in [1.82, 2.24) is 14.5 Å². The first-order valence-electron chi connectivity index (χ1n) is 9.54. The maximum atomic E-state index is 13.0. The lowest BCUT2D eigenvalue weighted by Gasteiger charge is -2.27. The van der Waals surface area contributed by atoms with Crippen LogP contribution in [-0.2, 0) is 19.5 Å². The average molecular weight is 398 g/mol. The molecule has 0 saturated carbocycles. The fourth-order valence-electron chi connectivity index (χ4n) is 3.99. The van der Waals surface area contributed by atoms with Gasteiger partial charge < -0.3 is 4.90 Å². The van der Waals surface area contributed by atoms with Gasteiger partial charge in [0, 0.05) is 23.5 Å². The van der Waals surface area contributed by atoms with Crippen molar-refractivity contribution in [3.05, 3.63) is 66.2 Å². The Morgan fingerprint density at radius 3 is 2.57 bits per heavy atom. The summed E-state index contributed by atoms with van der Waals surface area (Å²) >= 11 is 1.41. The summed E-state index contributed by atoms with van der Waals surface area (Å²) in [6.45, 7) is 7.36. The number of amides is 1. The smallest absolute Gasteiger partial charge is 0.329 e. The summed E-state index contributed by atoms with van der Waals surface area (Å²) < 4.78 is 1.28. The number of nitrogens with one attached hydrogen (secondary N) is 1. The molecule has 0 radical (unpaired) electrons. The van der Waals surface area contributed by atoms with Crippen LogP contribution in [0.4, 0.5) is 0 Å². The predicted octanol–water partition coefficient (Wildman–Crippen LogP) is 2.98. The number of fused-ring (bicyclic) bond motifs is 3. The van der Waals surface area contributed by atoms with E-state index in [4.69, 9.17) is 0 Å². The second-order valence-corrected chi connectivity index (χ2v) is 8.55. The maximum Gasteiger partial charge on any atom is 0.329 e. The highest BCUT2D eigenvalue weighted by molar-refractivity contribution is 7.18. The fraction of sp³-hybridized carbons (Fsp3) is 0.381. The number of hydrogen-bond acceptors (Lipinski definition) is 4. The van der Waals surface area contributed by atoms with E-state index in [-0.39, 0.29) is 17.2 Å². The van der Waals surface area contributed by atoms with E-state index in [0.29, 0.717) is 41.8 Å². The zero-order valence-electron chi connectivity index (χ0n) is 16.3. The molecule has 146 valence electrons. The van der Waals surface area contributed by atoms with Crippen molar-refractivity contribution in [2.45, 2.75) is 46.7 Å². The number of carbonyl (C=O) groups is 1. The summed E-state index contributed by atoms with van der Waals surface area (Å²) in [5.74, 6) is 0.00629. The van der Waals surface area contributed by atoms with Crippen LogP contribution in [0.25, 0.3) is 10.2 Å². The van der Waals surface area contributed by atoms with Crippen LogP contribution >= 0.6 is 11.3 Å². The molecule has 1 aliphatic heterocycles. The highest BCUT2D eigenvalue weighted by Gasteiger charge is 2.27. The number of rotatable bonds is 3. The number of carbonyl (C=O) groups excluding carboxylic acids is 1. The van der Waals surface area contributed by atoms with E-state index in [1.165, 1.54) is 15.9 Å². The summed E-state index contributed by atoms with van der Waals surface area (Å²) in [7, 11) is 0. The van der Waals surface area contributed by atoms with Gasteiger partial charge >= 0.3 is 5.69 Å². The third kappa shape index (κ3) is 3.09. The van der Waals surface area contributed by atoms with Crippen LogP contribution in [-0.4, -0.2) is 26.9 Å². The molecule has 1 aromatic carbocycles. The Balaban J connectivity index is 1.72. The standard InChI is InChI=1S/C21H23N3O3S/c1-4-6-24-20(26)17-15-5-7-23(11-16(15)28-18(17)22-21(24)27)19(25)14-9-12(2)8-13(3)10-14/h8-10H,4-7,11H2,1-3H3,(H,22,27). The molecule has 0 unspecified atom stereocenters. The Kier molecular flexibility index (Phi) is 4.71. The molecule has 28 heavy (non-hydrogen) atoms. The van der Waals surface area contributed by atoms with Gasteiger partial charge in [-0.15, -0.1) is 11.3 Å². The molecular formula is C21H23N3O3S. The zero-order chi connectivity index (χ0) is 20.0. The van der Waals surface area contributed by atoms with E-state index >= 15 is 0 Å². The SMILES string of the molecule is CCCn1c(=O)[nH]c2sc3c(c2c1=O)CCN(C(=O)c1cc(C)cc(C)c1)C3. The Morgan fingerprint density at radius 1 is 1.18 bits per heavy atom. The number of aromatic amines is 1. The summed E-state index contributed by atoms with van der Waals surface area (Å²) in [5, 5.41) is 0.617. The molecule has 0 atom stereocenters. The second-order valence-electron chi connectivity index (χ2n) is 7.45. The van der Waals surface area contributed by atoms with E-state index < -0.39 is 0 Å². The van der Waals surface area contributed by atoms with Gasteiger partial charge in [0.05, 0.1) is 11.9 Å². The number of benzene rings is 1. The van der Waals surface area contributed by atoms with E-state index in [9.17, 15) is 14.4 Å². The zero-order valence-corrected chi connectivity index (χ0v) is 17.1. The van der Waals surface area contributed by atoms with Gasteiger partial charge in [-0.25, -0.2) is 4.79 Å². The molecule has 0 saturated heterocycles. The molecule has 6 nitrogen and oxygen atoms in total. The van der Waals surface area contributed by atoms with Crippen molar-refractivity contribution in [3.8, 4) is 0 Å². The van der Waals surface area contributed by atoms with Crippen molar-refractivity contribution in [1.29, 1.82) is 0 Å². The lowest BCUT2D eigenvalue weighted by atomic mass is 10.0. The van der Waals surface area contributed by atoms with Crippen molar-refractivity contribution >= 4 is 27.5 Å². The first-order chi connectivity index (χ1) is 13.4. The van der Waals surface area contributed by atoms with Crippen molar-refractivity contribution < 1.29 is 4.79 Å². The lowest BCUT2D eigenvalue weighted by molar-refractivity contribution is 0.0737. The minimum atomic E-state index is -0.360. The number of thiophene rings is 1. The Morgan fingerprint density at radius 2 is 1.89 bits per heavy atom. The third-order valence-corrected chi connectivity index (χ3v) is 6.32. The van der Waals surface area contributed by atoms with Gasteiger partial charge in [-0.2, -0.15) is 0 Å². The summed E-state index contributed by atoms with van der Waals surface area (Å²) in [6, 6.07) is 5.88. The monoisotopic (exact) mass is 397 g/mol. The minimum absolute atomic E-state index is 0.00629. The molecule has 1 aliphatic rings. The number of aromatic nitrogens is 2. The van der Waals surface area contributed by atoms with Crippen molar-refractivity contribution in [2.24, 2.45) is 0 Å². The van der Waals surface area contributed by atoms with E-state index in [2.05, 4.69) is 11.1 Å². The van der Waals surface area contributed by atoms with Gasteiger partial charge in [0.25, 0.3) is 11.5 Å². The van der Waals surface area contributed by atoms with Crippen LogP contribution in [0.2, 0.25) is 0 Å². The normalized spacial score (nSPS) is 13.8. The second kappa shape index (κ2) is 7.05. The molecule has 7 heteroatoms. The van der Waals surface area contributed by atoms with Gasteiger partial charge in [-0.1, -0.05) is 24.1 Å². The van der Waals surface area contributed by atoms with Gasteiger partial charge in [-0.3, -0.25) is 19.1 Å². The van der Waals surface area contributed by atoms with E-state index in [1.807, 2.05) is 37.8 Å². The van der Waals surface area contributed by atoms with Crippen LogP contribution in [0.15, 0.2) is 27.8 Å². The molecule has 3 heterocycles. The molecule has 3 aromatic rings. The van der Waals surface area contributed by atoms with Gasteiger partial charge in [0.15, 0.2) is 0 Å². The van der Waals surface area contributed by atoms with Crippen LogP contribution in [0.5, 0.6) is 0 Å². The molecule has 0 fully saturated rings. The van der Waals surface area contributed by atoms with E-state index in [0.717, 1.165) is 28.0 Å². The maximum absolute atomic E-state index is 13.0. The number of nitrogens with zero attached hydrogens (tertiary/aromatic N) is 2. The quantitative estimate of drug-likeness (QED) is 0.738. The summed E-state index contributed by atoms with van der Waals surface area (Å²) in [4.78, 5) is 44.4. The molecule has 0 spiro atoms. The molecular weight excluding hydrogens is 374 g/mol. The lowest BCUT2D eigenvalue weighted by Crippen LogP contribution is -2.37. The van der Waals surface area contributed by atoms with Gasteiger partial charge in [0.1, 0.15) is 4.83 Å². The Bertz CT molecular complexity index is 1180. The first-order valence-corrected chi connectivity index (χ1v) is 10.4. The average Bonchev–Trinajstić information content (AvgIpc) is 3.00. The largest absolute Gasteiger partial charge is 0.333 e. The van der Waals surface area contributed by atoms with Crippen LogP contribution in [0.3, 0.4) is 0 Å². The summed E-state index contributed by atoms with van der Waals surface area (Å²) in [6.07, 6.45) is 1.35. The van der Waals surface area contributed by atoms with Crippen LogP contribution < -0.4 is 11.2 Å². The molecule has 1 N–H and O–H groups in total. The fourth-order valence-corrected chi connectivity index (χ4v) is 5.24. The third-order valence-electron chi connectivity index (χ3n) is 5.18. The summed E-state index contributed by atoms with van der Waals surface area (Å²) in [5.41, 5.74) is 3.23. The molecule has 4 rings (SSSR count). The van der Waals surface area contributed by atoms with Gasteiger partial charge in [0.2, 0.25) is 0 Å². The van der Waals surface area contributed by atoms with Crippen molar-refractivity contribution in [2.75, 3.05) is 6.54 Å². The molecule has 2 aromatic heterocycles. The Labute approximate surface area is 166 Å². The number of hydrogen-bond donors (Lipinski definition) is 1. The number of H-pyrrole nitrogens is 1. The van der Waals surface area contributed by atoms with Crippen molar-refractivity contribution in [3.63, 3.8) is 0 Å². The molecule has 0 aliphatic carbocycles. The first kappa shape index (κ1) is 18.7. The number of aryl methyl sites for hydroxylation is 2. The molecule has 1 amide bonds. The predicted molar refractivity (Wildman–Crippen MR) is 111 cm³/mol. The van der Waals surface area contributed by atoms with Gasteiger partial charge in [-0.05, 0) is 44.4 Å². The van der Waals surface area contributed by atoms with Crippen LogP contribution in [0, 0.1) is 13.8 Å². The topological polar surface area (TPSA) is 75.2 Å². The van der Waals surface area contributed by atoms with E-state index in [1.54, 1.807) is 0 Å². The molecule has 0 bridgehead atoms.